The Morgan fingerprint density at radius 3 is 2.67 bits per heavy atom. The maximum atomic E-state index is 6.05. The van der Waals surface area contributed by atoms with Crippen LogP contribution in [0.5, 0.6) is 0 Å². The van der Waals surface area contributed by atoms with E-state index in [1.807, 2.05) is 17.5 Å². The van der Waals surface area contributed by atoms with E-state index in [0.29, 0.717) is 5.92 Å². The first-order chi connectivity index (χ1) is 9.99. The highest BCUT2D eigenvalue weighted by molar-refractivity contribution is 7.11. The molecule has 1 saturated carbocycles. The topological polar surface area (TPSA) is 34.1 Å². The molecule has 0 radical (unpaired) electrons. The van der Waals surface area contributed by atoms with Gasteiger partial charge in [-0.3, -0.25) is 0 Å². The highest BCUT2D eigenvalue weighted by Crippen LogP contribution is 2.38. The summed E-state index contributed by atoms with van der Waals surface area (Å²) in [5.74, 6) is 0.660. The predicted molar refractivity (Wildman–Crippen MR) is 89.6 cm³/mol. The summed E-state index contributed by atoms with van der Waals surface area (Å²) < 4.78 is 6.05. The fourth-order valence-corrected chi connectivity index (χ4v) is 3.91. The van der Waals surface area contributed by atoms with Crippen molar-refractivity contribution in [1.82, 2.24) is 10.3 Å². The summed E-state index contributed by atoms with van der Waals surface area (Å²) in [7, 11) is 0. The minimum absolute atomic E-state index is 0.146. The van der Waals surface area contributed by atoms with E-state index >= 15 is 0 Å². The molecule has 1 unspecified atom stereocenters. The third kappa shape index (κ3) is 5.35. The lowest BCUT2D eigenvalue weighted by atomic mass is 9.85. The van der Waals surface area contributed by atoms with Gasteiger partial charge in [-0.1, -0.05) is 19.3 Å². The molecule has 0 amide bonds. The molecule has 0 saturated heterocycles. The van der Waals surface area contributed by atoms with Gasteiger partial charge in [-0.05, 0) is 46.5 Å². The first-order valence-corrected chi connectivity index (χ1v) is 9.12. The molecule has 1 heterocycles. The van der Waals surface area contributed by atoms with Crippen LogP contribution < -0.4 is 5.32 Å². The highest BCUT2D eigenvalue weighted by atomic mass is 32.1. The van der Waals surface area contributed by atoms with E-state index < -0.39 is 0 Å². The van der Waals surface area contributed by atoms with Gasteiger partial charge in [0, 0.05) is 29.8 Å². The Balaban J connectivity index is 2.01. The largest absolute Gasteiger partial charge is 0.371 e. The van der Waals surface area contributed by atoms with Crippen molar-refractivity contribution in [1.29, 1.82) is 0 Å². The second kappa shape index (κ2) is 7.70. The summed E-state index contributed by atoms with van der Waals surface area (Å²) in [6, 6.07) is 0. The molecule has 1 aromatic heterocycles. The van der Waals surface area contributed by atoms with Gasteiger partial charge in [0.1, 0.15) is 11.1 Å². The summed E-state index contributed by atoms with van der Waals surface area (Å²) in [6.07, 6.45) is 8.89. The van der Waals surface area contributed by atoms with Crippen LogP contribution in [0.3, 0.4) is 0 Å². The van der Waals surface area contributed by atoms with E-state index in [0.717, 1.165) is 13.2 Å². The van der Waals surface area contributed by atoms with Crippen LogP contribution in [-0.4, -0.2) is 17.1 Å². The molecule has 1 N–H and O–H groups in total. The van der Waals surface area contributed by atoms with Crippen molar-refractivity contribution in [2.75, 3.05) is 6.61 Å². The van der Waals surface area contributed by atoms with E-state index in [1.54, 1.807) is 0 Å². The maximum Gasteiger partial charge on any atom is 0.122 e. The number of hydrogen-bond donors (Lipinski definition) is 1. The second-order valence-corrected chi connectivity index (χ2v) is 8.19. The molecule has 1 atom stereocenters. The minimum Gasteiger partial charge on any atom is -0.371 e. The summed E-state index contributed by atoms with van der Waals surface area (Å²) in [4.78, 5) is 5.97. The molecular formula is C17H30N2OS. The van der Waals surface area contributed by atoms with Gasteiger partial charge in [0.15, 0.2) is 0 Å². The summed E-state index contributed by atoms with van der Waals surface area (Å²) in [6.45, 7) is 10.3. The van der Waals surface area contributed by atoms with E-state index in [9.17, 15) is 0 Å². The monoisotopic (exact) mass is 310 g/mol. The molecule has 1 aliphatic carbocycles. The number of nitrogens with one attached hydrogen (secondary N) is 1. The van der Waals surface area contributed by atoms with Crippen molar-refractivity contribution >= 4 is 11.3 Å². The van der Waals surface area contributed by atoms with Crippen LogP contribution in [0.25, 0.3) is 0 Å². The molecular weight excluding hydrogens is 280 g/mol. The average molecular weight is 311 g/mol. The average Bonchev–Trinajstić information content (AvgIpc) is 2.91. The van der Waals surface area contributed by atoms with Gasteiger partial charge in [-0.25, -0.2) is 4.98 Å². The van der Waals surface area contributed by atoms with Gasteiger partial charge < -0.3 is 10.1 Å². The van der Waals surface area contributed by atoms with Crippen molar-refractivity contribution in [3.63, 3.8) is 0 Å². The standard InChI is InChI=1S/C17H30N2OS/c1-5-20-15(13-9-7-6-8-10-13)16-18-11-14(21-16)12-19-17(2,3)4/h11,13,15,19H,5-10,12H2,1-4H3. The van der Waals surface area contributed by atoms with Gasteiger partial charge in [0.25, 0.3) is 0 Å². The molecule has 0 aliphatic heterocycles. The van der Waals surface area contributed by atoms with Crippen molar-refractivity contribution < 1.29 is 4.74 Å². The maximum absolute atomic E-state index is 6.05. The summed E-state index contributed by atoms with van der Waals surface area (Å²) in [5.41, 5.74) is 0.146. The van der Waals surface area contributed by atoms with Crippen molar-refractivity contribution in [3.8, 4) is 0 Å². The van der Waals surface area contributed by atoms with E-state index in [1.165, 1.54) is 42.0 Å². The second-order valence-electron chi connectivity index (χ2n) is 7.04. The van der Waals surface area contributed by atoms with Crippen LogP contribution >= 0.6 is 11.3 Å². The fraction of sp³-hybridized carbons (Fsp3) is 0.824. The molecule has 0 aromatic carbocycles. The van der Waals surface area contributed by atoms with Crippen LogP contribution in [0.2, 0.25) is 0 Å². The smallest absolute Gasteiger partial charge is 0.122 e. The van der Waals surface area contributed by atoms with Crippen LogP contribution in [0.4, 0.5) is 0 Å². The molecule has 1 fully saturated rings. The minimum atomic E-state index is 0.146. The Morgan fingerprint density at radius 2 is 2.05 bits per heavy atom. The van der Waals surface area contributed by atoms with Crippen LogP contribution in [-0.2, 0) is 11.3 Å². The molecule has 0 bridgehead atoms. The highest BCUT2D eigenvalue weighted by Gasteiger charge is 2.28. The molecule has 120 valence electrons. The molecule has 3 nitrogen and oxygen atoms in total. The number of thiazole rings is 1. The molecule has 2 rings (SSSR count). The molecule has 4 heteroatoms. The van der Waals surface area contributed by atoms with E-state index in [4.69, 9.17) is 4.74 Å². The van der Waals surface area contributed by atoms with Crippen LogP contribution in [0.15, 0.2) is 6.20 Å². The lowest BCUT2D eigenvalue weighted by molar-refractivity contribution is 0.00551. The zero-order chi connectivity index (χ0) is 15.3. The Morgan fingerprint density at radius 1 is 1.33 bits per heavy atom. The Labute approximate surface area is 133 Å². The van der Waals surface area contributed by atoms with Gasteiger partial charge in [0.2, 0.25) is 0 Å². The number of hydrogen-bond acceptors (Lipinski definition) is 4. The van der Waals surface area contributed by atoms with Crippen molar-refractivity contribution in [2.24, 2.45) is 5.92 Å². The number of ether oxygens (including phenoxy) is 1. The third-order valence-electron chi connectivity index (χ3n) is 4.03. The Bertz CT molecular complexity index is 419. The number of aromatic nitrogens is 1. The lowest BCUT2D eigenvalue weighted by Gasteiger charge is -2.28. The quantitative estimate of drug-likeness (QED) is 0.827. The SMILES string of the molecule is CCOC(c1ncc(CNC(C)(C)C)s1)C1CCCCC1. The van der Waals surface area contributed by atoms with E-state index in [2.05, 4.69) is 38.0 Å². The van der Waals surface area contributed by atoms with Gasteiger partial charge in [-0.2, -0.15) is 0 Å². The van der Waals surface area contributed by atoms with Gasteiger partial charge >= 0.3 is 0 Å². The Kier molecular flexibility index (Phi) is 6.20. The summed E-state index contributed by atoms with van der Waals surface area (Å²) >= 11 is 1.82. The first kappa shape index (κ1) is 16.9. The number of rotatable bonds is 6. The van der Waals surface area contributed by atoms with Crippen LogP contribution in [0.1, 0.15) is 75.8 Å². The number of nitrogens with zero attached hydrogens (tertiary/aromatic N) is 1. The molecule has 1 aliphatic rings. The molecule has 0 spiro atoms. The fourth-order valence-electron chi connectivity index (χ4n) is 2.91. The van der Waals surface area contributed by atoms with Crippen molar-refractivity contribution in [2.45, 2.75) is 78.0 Å². The third-order valence-corrected chi connectivity index (χ3v) is 5.09. The zero-order valence-corrected chi connectivity index (χ0v) is 14.8. The zero-order valence-electron chi connectivity index (χ0n) is 13.9. The van der Waals surface area contributed by atoms with Gasteiger partial charge in [-0.15, -0.1) is 11.3 Å². The molecule has 21 heavy (non-hydrogen) atoms. The molecule has 1 aromatic rings. The van der Waals surface area contributed by atoms with E-state index in [-0.39, 0.29) is 11.6 Å². The van der Waals surface area contributed by atoms with Gasteiger partial charge in [0.05, 0.1) is 0 Å². The first-order valence-electron chi connectivity index (χ1n) is 8.31. The predicted octanol–water partition coefficient (Wildman–Crippen LogP) is 4.69. The summed E-state index contributed by atoms with van der Waals surface area (Å²) in [5, 5.41) is 4.71. The van der Waals surface area contributed by atoms with Crippen LogP contribution in [0, 0.1) is 5.92 Å². The van der Waals surface area contributed by atoms with Crippen molar-refractivity contribution in [3.05, 3.63) is 16.1 Å². The normalized spacial score (nSPS) is 18.9. The lowest BCUT2D eigenvalue weighted by Crippen LogP contribution is -2.34. The Hall–Kier alpha value is -0.450.